The number of piperidine rings is 1. The molecule has 0 saturated carbocycles. The number of carbonyl (C=O) groups excluding carboxylic acids is 3. The zero-order valence-electron chi connectivity index (χ0n) is 23.9. The zero-order chi connectivity index (χ0) is 29.8. The average Bonchev–Trinajstić information content (AvgIpc) is 3.21. The Morgan fingerprint density at radius 3 is 2.39 bits per heavy atom. The van der Waals surface area contributed by atoms with E-state index in [0.717, 1.165) is 24.1 Å². The largest absolute Gasteiger partial charge is 0.466 e. The molecule has 2 aliphatic rings. The molecule has 10 heteroatoms. The third-order valence-electron chi connectivity index (χ3n) is 8.14. The summed E-state index contributed by atoms with van der Waals surface area (Å²) in [4.78, 5) is 40.3. The van der Waals surface area contributed by atoms with Gasteiger partial charge in [0.05, 0.1) is 31.8 Å². The van der Waals surface area contributed by atoms with E-state index in [2.05, 4.69) is 17.4 Å². The molecule has 1 fully saturated rings. The Kier molecular flexibility index (Phi) is 9.44. The van der Waals surface area contributed by atoms with Gasteiger partial charge in [0, 0.05) is 18.7 Å². The molecule has 0 bridgehead atoms. The van der Waals surface area contributed by atoms with Gasteiger partial charge in [0.15, 0.2) is 0 Å². The van der Waals surface area contributed by atoms with E-state index in [-0.39, 0.29) is 35.4 Å². The monoisotopic (exact) mass is 571 g/mol. The average molecular weight is 572 g/mol. The number of hydrogen-bond donors (Lipinski definition) is 2. The van der Waals surface area contributed by atoms with E-state index >= 15 is 0 Å². The van der Waals surface area contributed by atoms with Gasteiger partial charge in [-0.05, 0) is 74.6 Å². The van der Waals surface area contributed by atoms with Gasteiger partial charge >= 0.3 is 5.97 Å². The molecule has 1 aliphatic heterocycles. The second kappa shape index (κ2) is 12.7. The van der Waals surface area contributed by atoms with Crippen LogP contribution in [0.5, 0.6) is 0 Å². The van der Waals surface area contributed by atoms with Crippen molar-refractivity contribution in [2.45, 2.75) is 76.0 Å². The maximum absolute atomic E-state index is 14.1. The lowest BCUT2D eigenvalue weighted by Gasteiger charge is -2.41. The summed E-state index contributed by atoms with van der Waals surface area (Å²) < 4.78 is 38.9. The number of halogens is 2. The number of nitrogens with two attached hydrogens (primary N) is 1. The second-order valence-electron chi connectivity index (χ2n) is 11.6. The number of nitrogens with zero attached hydrogens (tertiary/aromatic N) is 1. The fraction of sp³-hybridized carbons (Fsp3) is 0.516. The number of benzene rings is 2. The van der Waals surface area contributed by atoms with Gasteiger partial charge in [-0.2, -0.15) is 0 Å². The number of amides is 2. The maximum Gasteiger partial charge on any atom is 0.306 e. The number of fused-ring (bicyclic) bond motifs is 2. The van der Waals surface area contributed by atoms with Crippen molar-refractivity contribution in [2.75, 3.05) is 26.3 Å². The van der Waals surface area contributed by atoms with Crippen LogP contribution < -0.4 is 11.1 Å². The number of rotatable bonds is 10. The van der Waals surface area contributed by atoms with Gasteiger partial charge in [0.2, 0.25) is 11.8 Å². The van der Waals surface area contributed by atoms with Crippen molar-refractivity contribution < 1.29 is 32.6 Å². The van der Waals surface area contributed by atoms with Crippen LogP contribution in [-0.2, 0) is 35.9 Å². The molecule has 0 aromatic heterocycles. The van der Waals surface area contributed by atoms with E-state index in [1.807, 2.05) is 12.1 Å². The quantitative estimate of drug-likeness (QED) is 0.421. The Balaban J connectivity index is 1.45. The van der Waals surface area contributed by atoms with Crippen LogP contribution in [0.2, 0.25) is 0 Å². The molecular formula is C31H39F2N3O5. The molecule has 2 atom stereocenters. The molecule has 222 valence electrons. The number of nitrogens with one attached hydrogen (secondary N) is 1. The number of ether oxygens (including phenoxy) is 2. The Labute approximate surface area is 239 Å². The lowest BCUT2D eigenvalue weighted by molar-refractivity contribution is -0.143. The minimum absolute atomic E-state index is 0.0542. The molecular weight excluding hydrogens is 532 g/mol. The Morgan fingerprint density at radius 2 is 1.76 bits per heavy atom. The summed E-state index contributed by atoms with van der Waals surface area (Å²) in [5, 5.41) is 2.67. The number of hydrogen-bond acceptors (Lipinski definition) is 6. The molecule has 41 heavy (non-hydrogen) atoms. The van der Waals surface area contributed by atoms with Crippen LogP contribution in [0.25, 0.3) is 0 Å². The van der Waals surface area contributed by atoms with Gasteiger partial charge < -0.3 is 25.4 Å². The molecule has 3 N–H and O–H groups in total. The van der Waals surface area contributed by atoms with Gasteiger partial charge in [0.25, 0.3) is 0 Å². The normalized spacial score (nSPS) is 18.6. The number of esters is 1. The van der Waals surface area contributed by atoms with E-state index in [1.165, 1.54) is 25.5 Å². The first-order chi connectivity index (χ1) is 19.4. The fourth-order valence-electron chi connectivity index (χ4n) is 5.95. The third-order valence-corrected chi connectivity index (χ3v) is 8.14. The van der Waals surface area contributed by atoms with Gasteiger partial charge in [-0.3, -0.25) is 14.4 Å². The van der Waals surface area contributed by atoms with Crippen LogP contribution in [0.4, 0.5) is 8.78 Å². The Bertz CT molecular complexity index is 1250. The molecule has 4 rings (SSSR count). The van der Waals surface area contributed by atoms with Crippen LogP contribution in [0.15, 0.2) is 42.5 Å². The highest BCUT2D eigenvalue weighted by atomic mass is 19.1. The van der Waals surface area contributed by atoms with Crippen LogP contribution in [0.1, 0.15) is 69.1 Å². The topological polar surface area (TPSA) is 111 Å². The molecule has 1 unspecified atom stereocenters. The van der Waals surface area contributed by atoms with Gasteiger partial charge in [-0.1, -0.05) is 30.3 Å². The minimum atomic E-state index is -1.25. The van der Waals surface area contributed by atoms with Crippen molar-refractivity contribution in [3.05, 3.63) is 70.8 Å². The van der Waals surface area contributed by atoms with Crippen molar-refractivity contribution >= 4 is 17.8 Å². The molecule has 2 aromatic carbocycles. The van der Waals surface area contributed by atoms with E-state index in [1.54, 1.807) is 11.8 Å². The molecule has 1 aliphatic carbocycles. The molecule has 2 amide bonds. The molecule has 2 aromatic rings. The van der Waals surface area contributed by atoms with Gasteiger partial charge in [-0.15, -0.1) is 0 Å². The predicted molar refractivity (Wildman–Crippen MR) is 149 cm³/mol. The summed E-state index contributed by atoms with van der Waals surface area (Å²) >= 11 is 0. The summed E-state index contributed by atoms with van der Waals surface area (Å²) in [6.45, 7) is 5.39. The number of carbonyl (C=O) groups is 3. The summed E-state index contributed by atoms with van der Waals surface area (Å²) in [6.07, 6.45) is 2.50. The molecule has 0 radical (unpaired) electrons. The fourth-order valence-corrected chi connectivity index (χ4v) is 5.95. The Hall–Kier alpha value is -3.37. The summed E-state index contributed by atoms with van der Waals surface area (Å²) in [5.41, 5.74) is 6.66. The highest BCUT2D eigenvalue weighted by Gasteiger charge is 2.47. The molecule has 1 spiro atoms. The van der Waals surface area contributed by atoms with Crippen molar-refractivity contribution in [1.29, 1.82) is 0 Å². The maximum atomic E-state index is 14.1. The SMILES string of the molecule is CCOC(=O)CC1CC2(CCN(C(=O)[C@@H](COCc3c(F)cccc3F)NC(=O)C(C)(C)N)CC2)c2ccccc21. The number of likely N-dealkylation sites (tertiary alicyclic amines) is 1. The van der Waals surface area contributed by atoms with Crippen molar-refractivity contribution in [3.8, 4) is 0 Å². The highest BCUT2D eigenvalue weighted by Crippen LogP contribution is 2.52. The van der Waals surface area contributed by atoms with Crippen molar-refractivity contribution in [3.63, 3.8) is 0 Å². The van der Waals surface area contributed by atoms with Gasteiger partial charge in [0.1, 0.15) is 17.7 Å². The summed E-state index contributed by atoms with van der Waals surface area (Å²) in [7, 11) is 0. The van der Waals surface area contributed by atoms with Crippen molar-refractivity contribution in [2.24, 2.45) is 5.73 Å². The second-order valence-corrected chi connectivity index (χ2v) is 11.6. The molecule has 1 heterocycles. The van der Waals surface area contributed by atoms with Crippen molar-refractivity contribution in [1.82, 2.24) is 10.2 Å². The first kappa shape index (κ1) is 30.6. The zero-order valence-corrected chi connectivity index (χ0v) is 23.9. The van der Waals surface area contributed by atoms with E-state index in [9.17, 15) is 23.2 Å². The molecule has 1 saturated heterocycles. The summed E-state index contributed by atoms with van der Waals surface area (Å²) in [5.74, 6) is -2.55. The Morgan fingerprint density at radius 1 is 1.10 bits per heavy atom. The van der Waals surface area contributed by atoms with E-state index < -0.39 is 35.7 Å². The van der Waals surface area contributed by atoms with Gasteiger partial charge in [-0.25, -0.2) is 8.78 Å². The van der Waals surface area contributed by atoms with Crippen LogP contribution in [-0.4, -0.2) is 60.6 Å². The minimum Gasteiger partial charge on any atom is -0.466 e. The predicted octanol–water partition coefficient (Wildman–Crippen LogP) is 3.70. The first-order valence-electron chi connectivity index (χ1n) is 14.1. The first-order valence-corrected chi connectivity index (χ1v) is 14.1. The standard InChI is InChI=1S/C31H39F2N3O5/c1-4-41-27(37)16-20-17-31(23-9-6-5-8-21(20)23)12-14-36(15-13-31)28(38)26(35-29(39)30(2,3)34)19-40-18-22-24(32)10-7-11-25(22)33/h5-11,20,26H,4,12-19,34H2,1-3H3,(H,35,39)/t20?,26-/m1/s1. The lowest BCUT2D eigenvalue weighted by atomic mass is 9.73. The van der Waals surface area contributed by atoms with Crippen LogP contribution >= 0.6 is 0 Å². The summed E-state index contributed by atoms with van der Waals surface area (Å²) in [6, 6.07) is 10.6. The smallest absolute Gasteiger partial charge is 0.306 e. The van der Waals surface area contributed by atoms with Crippen LogP contribution in [0, 0.1) is 11.6 Å². The molecule has 8 nitrogen and oxygen atoms in total. The van der Waals surface area contributed by atoms with E-state index in [0.29, 0.717) is 39.0 Å². The lowest BCUT2D eigenvalue weighted by Crippen LogP contribution is -2.59. The van der Waals surface area contributed by atoms with Crippen LogP contribution in [0.3, 0.4) is 0 Å². The third kappa shape index (κ3) is 6.93. The van der Waals surface area contributed by atoms with E-state index in [4.69, 9.17) is 15.2 Å². The highest BCUT2D eigenvalue weighted by molar-refractivity contribution is 5.91.